The highest BCUT2D eigenvalue weighted by Crippen LogP contribution is 2.42. The molecule has 0 N–H and O–H groups in total. The molecule has 0 amide bonds. The molecular weight excluding hydrogens is 420 g/mol. The van der Waals surface area contributed by atoms with E-state index in [0.717, 1.165) is 78.3 Å². The Hall–Kier alpha value is -2.61. The fourth-order valence-electron chi connectivity index (χ4n) is 4.69. The van der Waals surface area contributed by atoms with Gasteiger partial charge in [0, 0.05) is 35.7 Å². The summed E-state index contributed by atoms with van der Waals surface area (Å²) in [5.41, 5.74) is 1.39. The summed E-state index contributed by atoms with van der Waals surface area (Å²) in [5.74, 6) is 3.01. The zero-order valence-corrected chi connectivity index (χ0v) is 19.0. The molecule has 6 nitrogen and oxygen atoms in total. The predicted octanol–water partition coefficient (Wildman–Crippen LogP) is 4.99. The van der Waals surface area contributed by atoms with Crippen LogP contribution in [0.15, 0.2) is 36.7 Å². The van der Waals surface area contributed by atoms with E-state index in [2.05, 4.69) is 22.9 Å². The Morgan fingerprint density at radius 3 is 2.97 bits per heavy atom. The van der Waals surface area contributed by atoms with Gasteiger partial charge < -0.3 is 9.47 Å². The number of aromatic nitrogens is 3. The largest absolute Gasteiger partial charge is 0.438 e. The van der Waals surface area contributed by atoms with Crippen molar-refractivity contribution in [1.29, 1.82) is 0 Å². The summed E-state index contributed by atoms with van der Waals surface area (Å²) >= 11 is 1.82. The maximum Gasteiger partial charge on any atom is 0.231 e. The quantitative estimate of drug-likeness (QED) is 0.440. The van der Waals surface area contributed by atoms with Crippen LogP contribution in [-0.4, -0.2) is 46.2 Å². The Morgan fingerprint density at radius 1 is 1.16 bits per heavy atom. The van der Waals surface area contributed by atoms with Gasteiger partial charge in [0.1, 0.15) is 16.4 Å². The Balaban J connectivity index is 1.42. The third-order valence-electron chi connectivity index (χ3n) is 6.46. The van der Waals surface area contributed by atoms with Crippen molar-refractivity contribution < 1.29 is 9.47 Å². The number of rotatable bonds is 4. The van der Waals surface area contributed by atoms with Crippen LogP contribution in [0.3, 0.4) is 0 Å². The van der Waals surface area contributed by atoms with Gasteiger partial charge in [0.25, 0.3) is 0 Å². The number of hydrogen-bond donors (Lipinski definition) is 0. The van der Waals surface area contributed by atoms with Gasteiger partial charge in [0.15, 0.2) is 0 Å². The van der Waals surface area contributed by atoms with E-state index < -0.39 is 0 Å². The zero-order valence-electron chi connectivity index (χ0n) is 18.2. The first kappa shape index (κ1) is 20.0. The predicted molar refractivity (Wildman–Crippen MR) is 127 cm³/mol. The SMILES string of the molecule is C[C@@H]1CCc2c(sc3nc(CN4CCOCC4)nc(Oc4ccc5ccncc5c4)c23)C1. The third-order valence-corrected chi connectivity index (χ3v) is 7.61. The lowest BCUT2D eigenvalue weighted by molar-refractivity contribution is 0.0330. The number of nitrogens with zero attached hydrogens (tertiary/aromatic N) is 4. The second kappa shape index (κ2) is 8.39. The molecule has 6 rings (SSSR count). The van der Waals surface area contributed by atoms with Crippen molar-refractivity contribution in [2.75, 3.05) is 26.3 Å². The van der Waals surface area contributed by atoms with E-state index >= 15 is 0 Å². The lowest BCUT2D eigenvalue weighted by Crippen LogP contribution is -2.36. The zero-order chi connectivity index (χ0) is 21.5. The van der Waals surface area contributed by atoms with E-state index in [0.29, 0.717) is 11.8 Å². The molecule has 1 aromatic carbocycles. The minimum absolute atomic E-state index is 0.688. The fourth-order valence-corrected chi connectivity index (χ4v) is 6.09. The van der Waals surface area contributed by atoms with Crippen LogP contribution in [0.1, 0.15) is 29.6 Å². The highest BCUT2D eigenvalue weighted by Gasteiger charge is 2.25. The second-order valence-electron chi connectivity index (χ2n) is 8.85. The molecule has 4 aromatic rings. The van der Waals surface area contributed by atoms with Gasteiger partial charge in [-0.05, 0) is 54.3 Å². The lowest BCUT2D eigenvalue weighted by atomic mass is 9.89. The standard InChI is InChI=1S/C25H26N4O2S/c1-16-2-5-20-21(12-16)32-25-23(20)24(27-22(28-25)15-29-8-10-30-11-9-29)31-19-4-3-17-6-7-26-14-18(17)13-19/h3-4,6-7,13-14,16H,2,5,8-12,15H2,1H3/t16-/m1/s1. The fraction of sp³-hybridized carbons (Fsp3) is 0.400. The first-order valence-corrected chi connectivity index (χ1v) is 12.2. The molecule has 0 bridgehead atoms. The van der Waals surface area contributed by atoms with Crippen LogP contribution in [0.5, 0.6) is 11.6 Å². The maximum atomic E-state index is 6.47. The second-order valence-corrected chi connectivity index (χ2v) is 9.94. The van der Waals surface area contributed by atoms with Crippen LogP contribution < -0.4 is 4.74 Å². The molecule has 7 heteroatoms. The maximum absolute atomic E-state index is 6.47. The number of morpholine rings is 1. The van der Waals surface area contributed by atoms with Crippen molar-refractivity contribution in [2.45, 2.75) is 32.7 Å². The van der Waals surface area contributed by atoms with Gasteiger partial charge in [-0.15, -0.1) is 11.3 Å². The molecule has 0 spiro atoms. The van der Waals surface area contributed by atoms with E-state index in [1.54, 1.807) is 0 Å². The van der Waals surface area contributed by atoms with E-state index in [1.165, 1.54) is 16.9 Å². The van der Waals surface area contributed by atoms with Crippen molar-refractivity contribution in [2.24, 2.45) is 5.92 Å². The monoisotopic (exact) mass is 446 g/mol. The molecule has 4 heterocycles. The lowest BCUT2D eigenvalue weighted by Gasteiger charge is -2.25. The van der Waals surface area contributed by atoms with Gasteiger partial charge in [-0.2, -0.15) is 4.98 Å². The molecule has 0 radical (unpaired) electrons. The smallest absolute Gasteiger partial charge is 0.231 e. The van der Waals surface area contributed by atoms with E-state index in [1.807, 2.05) is 41.9 Å². The van der Waals surface area contributed by atoms with Gasteiger partial charge in [0.2, 0.25) is 5.88 Å². The molecule has 1 aliphatic carbocycles. The molecule has 1 fully saturated rings. The first-order valence-electron chi connectivity index (χ1n) is 11.4. The van der Waals surface area contributed by atoms with Crippen molar-refractivity contribution in [3.05, 3.63) is 52.9 Å². The molecule has 32 heavy (non-hydrogen) atoms. The summed E-state index contributed by atoms with van der Waals surface area (Å²) in [6, 6.07) is 8.14. The van der Waals surface area contributed by atoms with Crippen molar-refractivity contribution in [1.82, 2.24) is 19.9 Å². The van der Waals surface area contributed by atoms with Crippen molar-refractivity contribution in [3.8, 4) is 11.6 Å². The van der Waals surface area contributed by atoms with Crippen molar-refractivity contribution >= 4 is 32.3 Å². The summed E-state index contributed by atoms with van der Waals surface area (Å²) in [6.07, 6.45) is 7.08. The molecule has 164 valence electrons. The van der Waals surface area contributed by atoms with Gasteiger partial charge in [0.05, 0.1) is 25.1 Å². The number of benzene rings is 1. The molecule has 0 unspecified atom stereocenters. The van der Waals surface area contributed by atoms with E-state index in [4.69, 9.17) is 19.4 Å². The summed E-state index contributed by atoms with van der Waals surface area (Å²) in [7, 11) is 0. The average molecular weight is 447 g/mol. The topological polar surface area (TPSA) is 60.4 Å². The van der Waals surface area contributed by atoms with Gasteiger partial charge in [-0.1, -0.05) is 13.0 Å². The number of aryl methyl sites for hydroxylation is 1. The number of ether oxygens (including phenoxy) is 2. The number of hydrogen-bond acceptors (Lipinski definition) is 7. The van der Waals surface area contributed by atoms with Crippen LogP contribution in [0, 0.1) is 5.92 Å². The van der Waals surface area contributed by atoms with Gasteiger partial charge in [-0.3, -0.25) is 9.88 Å². The van der Waals surface area contributed by atoms with E-state index in [-0.39, 0.29) is 0 Å². The van der Waals surface area contributed by atoms with Crippen molar-refractivity contribution in [3.63, 3.8) is 0 Å². The molecule has 1 atom stereocenters. The molecule has 0 saturated carbocycles. The minimum atomic E-state index is 0.688. The molecule has 1 aliphatic heterocycles. The Bertz CT molecular complexity index is 1280. The van der Waals surface area contributed by atoms with E-state index in [9.17, 15) is 0 Å². The Kier molecular flexibility index (Phi) is 5.25. The molecule has 3 aromatic heterocycles. The van der Waals surface area contributed by atoms with Gasteiger partial charge >= 0.3 is 0 Å². The molecule has 1 saturated heterocycles. The third kappa shape index (κ3) is 3.85. The number of pyridine rings is 1. The van der Waals surface area contributed by atoms with Gasteiger partial charge in [-0.25, -0.2) is 4.98 Å². The molecular formula is C25H26N4O2S. The average Bonchev–Trinajstić information content (AvgIpc) is 3.17. The van der Waals surface area contributed by atoms with Crippen LogP contribution >= 0.6 is 11.3 Å². The van der Waals surface area contributed by atoms with Crippen LogP contribution in [0.4, 0.5) is 0 Å². The number of thiophene rings is 1. The Morgan fingerprint density at radius 2 is 2.06 bits per heavy atom. The Labute approximate surface area is 191 Å². The minimum Gasteiger partial charge on any atom is -0.438 e. The first-order chi connectivity index (χ1) is 15.7. The number of fused-ring (bicyclic) bond motifs is 4. The molecule has 2 aliphatic rings. The van der Waals surface area contributed by atoms with Crippen LogP contribution in [0.25, 0.3) is 21.0 Å². The summed E-state index contributed by atoms with van der Waals surface area (Å²) in [4.78, 5) is 19.0. The normalized spacial score (nSPS) is 19.3. The summed E-state index contributed by atoms with van der Waals surface area (Å²) in [5, 5.41) is 3.31. The highest BCUT2D eigenvalue weighted by molar-refractivity contribution is 7.18. The summed E-state index contributed by atoms with van der Waals surface area (Å²) < 4.78 is 12.0. The van der Waals surface area contributed by atoms with Crippen LogP contribution in [-0.2, 0) is 24.1 Å². The summed E-state index contributed by atoms with van der Waals surface area (Å²) in [6.45, 7) is 6.41. The van der Waals surface area contributed by atoms with Crippen LogP contribution in [0.2, 0.25) is 0 Å². The highest BCUT2D eigenvalue weighted by atomic mass is 32.1.